The van der Waals surface area contributed by atoms with Gasteiger partial charge in [-0.15, -0.1) is 6.58 Å². The molecule has 1 aliphatic rings. The van der Waals surface area contributed by atoms with E-state index in [0.717, 1.165) is 37.3 Å². The maximum absolute atomic E-state index is 12.6. The van der Waals surface area contributed by atoms with E-state index in [0.29, 0.717) is 23.5 Å². The summed E-state index contributed by atoms with van der Waals surface area (Å²) in [5, 5.41) is 0. The van der Waals surface area contributed by atoms with Gasteiger partial charge in [0, 0.05) is 42.8 Å². The summed E-state index contributed by atoms with van der Waals surface area (Å²) < 4.78 is 7.33. The highest BCUT2D eigenvalue weighted by Gasteiger charge is 2.23. The van der Waals surface area contributed by atoms with E-state index in [9.17, 15) is 9.59 Å². The number of anilines is 1. The van der Waals surface area contributed by atoms with Crippen molar-refractivity contribution in [3.63, 3.8) is 0 Å². The van der Waals surface area contributed by atoms with Gasteiger partial charge < -0.3 is 14.2 Å². The summed E-state index contributed by atoms with van der Waals surface area (Å²) in [6, 6.07) is 5.24. The van der Waals surface area contributed by atoms with Crippen LogP contribution in [0.4, 0.5) is 5.82 Å². The van der Waals surface area contributed by atoms with Gasteiger partial charge >= 0.3 is 5.97 Å². The molecule has 1 aliphatic heterocycles. The number of esters is 1. The molecule has 2 aromatic heterocycles. The third-order valence-corrected chi connectivity index (χ3v) is 4.93. The Bertz CT molecular complexity index is 864. The standard InChI is InChI=1S/C21H25N3O3/c1-4-10-24-15(2)13-18(16(24)3)19(25)14-27-21(26)17-8-7-9-22-20(17)23-11-5-6-12-23/h4,7-9,13H,1,5-6,10-12,14H2,2-3H3. The minimum atomic E-state index is -0.516. The lowest BCUT2D eigenvalue weighted by atomic mass is 10.1. The van der Waals surface area contributed by atoms with Crippen LogP contribution in [0.2, 0.25) is 0 Å². The van der Waals surface area contributed by atoms with E-state index in [2.05, 4.69) is 16.5 Å². The molecule has 0 spiro atoms. The molecule has 3 rings (SSSR count). The first-order valence-electron chi connectivity index (χ1n) is 9.21. The van der Waals surface area contributed by atoms with Crippen LogP contribution in [0.15, 0.2) is 37.1 Å². The summed E-state index contributed by atoms with van der Waals surface area (Å²) in [4.78, 5) is 31.6. The number of allylic oxidation sites excluding steroid dienone is 1. The number of Topliss-reactive ketones (excluding diaryl/α,β-unsaturated/α-hetero) is 1. The largest absolute Gasteiger partial charge is 0.454 e. The highest BCUT2D eigenvalue weighted by Crippen LogP contribution is 2.23. The molecule has 0 bridgehead atoms. The number of aryl methyl sites for hydroxylation is 1. The first-order valence-corrected chi connectivity index (χ1v) is 9.21. The molecule has 1 fully saturated rings. The number of ether oxygens (including phenoxy) is 1. The molecule has 6 nitrogen and oxygen atoms in total. The van der Waals surface area contributed by atoms with Crippen LogP contribution in [-0.2, 0) is 11.3 Å². The molecule has 0 amide bonds. The van der Waals surface area contributed by atoms with E-state index in [4.69, 9.17) is 4.74 Å². The molecule has 0 N–H and O–H groups in total. The van der Waals surface area contributed by atoms with Crippen LogP contribution in [0, 0.1) is 13.8 Å². The summed E-state index contributed by atoms with van der Waals surface area (Å²) in [5.41, 5.74) is 2.82. The van der Waals surface area contributed by atoms with Crippen molar-refractivity contribution in [2.24, 2.45) is 0 Å². The Labute approximate surface area is 159 Å². The average Bonchev–Trinajstić information content (AvgIpc) is 3.30. The average molecular weight is 367 g/mol. The highest BCUT2D eigenvalue weighted by molar-refractivity contribution is 6.01. The summed E-state index contributed by atoms with van der Waals surface area (Å²) >= 11 is 0. The molecule has 2 aromatic rings. The molecule has 0 radical (unpaired) electrons. The van der Waals surface area contributed by atoms with Crippen molar-refractivity contribution in [1.82, 2.24) is 9.55 Å². The molecule has 6 heteroatoms. The quantitative estimate of drug-likeness (QED) is 0.427. The van der Waals surface area contributed by atoms with Gasteiger partial charge in [0.05, 0.1) is 0 Å². The number of aromatic nitrogens is 2. The lowest BCUT2D eigenvalue weighted by Crippen LogP contribution is -2.23. The van der Waals surface area contributed by atoms with Crippen LogP contribution in [0.1, 0.15) is 44.9 Å². The van der Waals surface area contributed by atoms with Crippen molar-refractivity contribution in [2.75, 3.05) is 24.6 Å². The zero-order chi connectivity index (χ0) is 19.4. The zero-order valence-corrected chi connectivity index (χ0v) is 15.9. The predicted molar refractivity (Wildman–Crippen MR) is 104 cm³/mol. The van der Waals surface area contributed by atoms with Gasteiger partial charge in [-0.1, -0.05) is 6.08 Å². The fourth-order valence-electron chi connectivity index (χ4n) is 3.52. The van der Waals surface area contributed by atoms with Crippen LogP contribution in [0.25, 0.3) is 0 Å². The zero-order valence-electron chi connectivity index (χ0n) is 15.9. The van der Waals surface area contributed by atoms with Crippen molar-refractivity contribution in [3.8, 4) is 0 Å². The van der Waals surface area contributed by atoms with Crippen LogP contribution in [0.3, 0.4) is 0 Å². The molecular formula is C21H25N3O3. The highest BCUT2D eigenvalue weighted by atomic mass is 16.5. The Kier molecular flexibility index (Phi) is 5.74. The van der Waals surface area contributed by atoms with Gasteiger partial charge in [-0.2, -0.15) is 0 Å². The molecule has 142 valence electrons. The van der Waals surface area contributed by atoms with E-state index < -0.39 is 5.97 Å². The first kappa shape index (κ1) is 18.9. The Morgan fingerprint density at radius 3 is 2.70 bits per heavy atom. The molecule has 0 aromatic carbocycles. The fourth-order valence-corrected chi connectivity index (χ4v) is 3.52. The number of ketones is 1. The third kappa shape index (κ3) is 3.94. The van der Waals surface area contributed by atoms with Crippen molar-refractivity contribution >= 4 is 17.6 Å². The van der Waals surface area contributed by atoms with Crippen LogP contribution in [-0.4, -0.2) is 41.0 Å². The number of nitrogens with zero attached hydrogens (tertiary/aromatic N) is 3. The Morgan fingerprint density at radius 1 is 1.26 bits per heavy atom. The smallest absolute Gasteiger partial charge is 0.342 e. The van der Waals surface area contributed by atoms with E-state index in [1.54, 1.807) is 24.4 Å². The van der Waals surface area contributed by atoms with Gasteiger partial charge in [0.1, 0.15) is 11.4 Å². The topological polar surface area (TPSA) is 64.4 Å². The van der Waals surface area contributed by atoms with E-state index >= 15 is 0 Å². The first-order chi connectivity index (χ1) is 13.0. The van der Waals surface area contributed by atoms with Crippen LogP contribution in [0.5, 0.6) is 0 Å². The number of carbonyl (C=O) groups is 2. The van der Waals surface area contributed by atoms with Gasteiger partial charge in [-0.3, -0.25) is 4.79 Å². The molecule has 3 heterocycles. The molecule has 0 unspecified atom stereocenters. The van der Waals surface area contributed by atoms with Crippen LogP contribution >= 0.6 is 0 Å². The van der Waals surface area contributed by atoms with Gasteiger partial charge in [-0.05, 0) is 44.9 Å². The van der Waals surface area contributed by atoms with Gasteiger partial charge in [0.15, 0.2) is 6.61 Å². The number of pyridine rings is 1. The monoisotopic (exact) mass is 367 g/mol. The normalized spacial score (nSPS) is 13.6. The number of hydrogen-bond donors (Lipinski definition) is 0. The summed E-state index contributed by atoms with van der Waals surface area (Å²) in [5.74, 6) is -0.0896. The SMILES string of the molecule is C=CCn1c(C)cc(C(=O)COC(=O)c2cccnc2N2CCCC2)c1C. The Morgan fingerprint density at radius 2 is 2.00 bits per heavy atom. The second-order valence-electron chi connectivity index (χ2n) is 6.75. The van der Waals surface area contributed by atoms with Crippen molar-refractivity contribution < 1.29 is 14.3 Å². The predicted octanol–water partition coefficient (Wildman–Crippen LogP) is 3.33. The summed E-state index contributed by atoms with van der Waals surface area (Å²) in [6.45, 7) is 9.68. The van der Waals surface area contributed by atoms with Crippen LogP contribution < -0.4 is 4.90 Å². The maximum Gasteiger partial charge on any atom is 0.342 e. The summed E-state index contributed by atoms with van der Waals surface area (Å²) in [6.07, 6.45) is 5.63. The fraction of sp³-hybridized carbons (Fsp3) is 0.381. The molecule has 0 saturated carbocycles. The molecule has 0 aliphatic carbocycles. The van der Waals surface area contributed by atoms with Crippen molar-refractivity contribution in [2.45, 2.75) is 33.2 Å². The molecule has 0 atom stereocenters. The maximum atomic E-state index is 12.6. The molecule has 27 heavy (non-hydrogen) atoms. The van der Waals surface area contributed by atoms with Crippen molar-refractivity contribution in [3.05, 3.63) is 59.6 Å². The van der Waals surface area contributed by atoms with Gasteiger partial charge in [0.2, 0.25) is 5.78 Å². The summed E-state index contributed by atoms with van der Waals surface area (Å²) in [7, 11) is 0. The van der Waals surface area contributed by atoms with Crippen molar-refractivity contribution in [1.29, 1.82) is 0 Å². The van der Waals surface area contributed by atoms with Gasteiger partial charge in [-0.25, -0.2) is 9.78 Å². The van der Waals surface area contributed by atoms with E-state index in [-0.39, 0.29) is 12.4 Å². The lowest BCUT2D eigenvalue weighted by molar-refractivity contribution is 0.0475. The molecular weight excluding hydrogens is 342 g/mol. The number of hydrogen-bond acceptors (Lipinski definition) is 5. The Balaban J connectivity index is 1.70. The minimum absolute atomic E-state index is 0.210. The second kappa shape index (κ2) is 8.20. The Hall–Kier alpha value is -2.89. The third-order valence-electron chi connectivity index (χ3n) is 4.93. The molecule has 1 saturated heterocycles. The van der Waals surface area contributed by atoms with E-state index in [1.807, 2.05) is 24.5 Å². The number of rotatable bonds is 7. The number of carbonyl (C=O) groups excluding carboxylic acids is 2. The lowest BCUT2D eigenvalue weighted by Gasteiger charge is -2.18. The second-order valence-corrected chi connectivity index (χ2v) is 6.75. The van der Waals surface area contributed by atoms with E-state index in [1.165, 1.54) is 0 Å². The van der Waals surface area contributed by atoms with Gasteiger partial charge in [0.25, 0.3) is 0 Å². The minimum Gasteiger partial charge on any atom is -0.454 e.